The van der Waals surface area contributed by atoms with E-state index in [1.54, 1.807) is 39.0 Å². The molecule has 3 aromatic carbocycles. The van der Waals surface area contributed by atoms with Gasteiger partial charge in [-0.05, 0) is 63.1 Å². The summed E-state index contributed by atoms with van der Waals surface area (Å²) in [6.45, 7) is 6.33. The van der Waals surface area contributed by atoms with E-state index in [9.17, 15) is 31.2 Å². The van der Waals surface area contributed by atoms with Gasteiger partial charge in [0, 0.05) is 12.6 Å². The Labute approximate surface area is 239 Å². The fourth-order valence-corrected chi connectivity index (χ4v) is 5.82. The van der Waals surface area contributed by atoms with Gasteiger partial charge in [0.1, 0.15) is 12.6 Å². The van der Waals surface area contributed by atoms with Gasteiger partial charge in [-0.1, -0.05) is 61.0 Å². The summed E-state index contributed by atoms with van der Waals surface area (Å²) < 4.78 is 68.9. The molecule has 1 unspecified atom stereocenters. The summed E-state index contributed by atoms with van der Waals surface area (Å²) >= 11 is 0. The number of carbonyl (C=O) groups is 2. The van der Waals surface area contributed by atoms with Crippen LogP contribution < -0.4 is 9.62 Å². The zero-order valence-electron chi connectivity index (χ0n) is 23.4. The van der Waals surface area contributed by atoms with E-state index in [1.165, 1.54) is 35.2 Å². The molecule has 2 amide bonds. The first-order chi connectivity index (χ1) is 19.2. The zero-order valence-corrected chi connectivity index (χ0v) is 24.2. The Morgan fingerprint density at radius 1 is 0.927 bits per heavy atom. The van der Waals surface area contributed by atoms with Crippen LogP contribution in [0.4, 0.5) is 18.9 Å². The first-order valence-corrected chi connectivity index (χ1v) is 14.6. The third-order valence-electron chi connectivity index (χ3n) is 6.32. The van der Waals surface area contributed by atoms with E-state index in [0.717, 1.165) is 17.7 Å². The van der Waals surface area contributed by atoms with Crippen LogP contribution in [0.15, 0.2) is 83.8 Å². The molecule has 1 atom stereocenters. The number of rotatable bonds is 11. The van der Waals surface area contributed by atoms with Gasteiger partial charge in [-0.15, -0.1) is 0 Å². The normalized spacial score (nSPS) is 12.6. The highest BCUT2D eigenvalue weighted by Crippen LogP contribution is 2.33. The minimum absolute atomic E-state index is 0.00759. The number of sulfonamides is 1. The molecule has 220 valence electrons. The van der Waals surface area contributed by atoms with Gasteiger partial charge in [0.05, 0.1) is 16.1 Å². The molecule has 0 fully saturated rings. The number of nitrogens with one attached hydrogen (secondary N) is 1. The molecule has 0 radical (unpaired) electrons. The second kappa shape index (κ2) is 13.2. The van der Waals surface area contributed by atoms with E-state index in [0.29, 0.717) is 15.9 Å². The lowest BCUT2D eigenvalue weighted by molar-refractivity contribution is -0.140. The number of amides is 2. The van der Waals surface area contributed by atoms with Crippen molar-refractivity contribution in [2.75, 3.05) is 10.8 Å². The highest BCUT2D eigenvalue weighted by Gasteiger charge is 2.36. The second-order valence-corrected chi connectivity index (χ2v) is 11.8. The van der Waals surface area contributed by atoms with Crippen LogP contribution in [0.5, 0.6) is 0 Å². The van der Waals surface area contributed by atoms with E-state index < -0.39 is 46.2 Å². The maximum atomic E-state index is 14.0. The largest absolute Gasteiger partial charge is 0.416 e. The first-order valence-electron chi connectivity index (χ1n) is 13.1. The third-order valence-corrected chi connectivity index (χ3v) is 8.11. The summed E-state index contributed by atoms with van der Waals surface area (Å²) in [5.74, 6) is -1.16. The minimum Gasteiger partial charge on any atom is -0.352 e. The van der Waals surface area contributed by atoms with Crippen LogP contribution in [0.1, 0.15) is 43.9 Å². The van der Waals surface area contributed by atoms with Crippen molar-refractivity contribution in [3.63, 3.8) is 0 Å². The monoisotopic (exact) mass is 589 g/mol. The van der Waals surface area contributed by atoms with Gasteiger partial charge < -0.3 is 10.2 Å². The molecule has 41 heavy (non-hydrogen) atoms. The number of hydrogen-bond acceptors (Lipinski definition) is 4. The van der Waals surface area contributed by atoms with Crippen molar-refractivity contribution >= 4 is 27.5 Å². The molecule has 0 aliphatic carbocycles. The summed E-state index contributed by atoms with van der Waals surface area (Å²) in [7, 11) is -4.48. The topological polar surface area (TPSA) is 86.8 Å². The lowest BCUT2D eigenvalue weighted by atomic mass is 10.1. The number of hydrogen-bond donors (Lipinski definition) is 1. The Hall–Kier alpha value is -3.86. The predicted molar refractivity (Wildman–Crippen MR) is 152 cm³/mol. The summed E-state index contributed by atoms with van der Waals surface area (Å²) in [6, 6.07) is 17.1. The van der Waals surface area contributed by atoms with Crippen LogP contribution in [-0.4, -0.2) is 43.8 Å². The van der Waals surface area contributed by atoms with E-state index in [2.05, 4.69) is 5.32 Å². The van der Waals surface area contributed by atoms with Crippen LogP contribution in [0.25, 0.3) is 0 Å². The molecule has 0 heterocycles. The van der Waals surface area contributed by atoms with Gasteiger partial charge >= 0.3 is 6.18 Å². The summed E-state index contributed by atoms with van der Waals surface area (Å²) in [5.41, 5.74) is 0.250. The Morgan fingerprint density at radius 2 is 1.59 bits per heavy atom. The van der Waals surface area contributed by atoms with Gasteiger partial charge in [0.15, 0.2) is 0 Å². The number of benzene rings is 3. The molecule has 0 aliphatic heterocycles. The number of nitrogens with zero attached hydrogens (tertiary/aromatic N) is 2. The smallest absolute Gasteiger partial charge is 0.352 e. The summed E-state index contributed by atoms with van der Waals surface area (Å²) in [6.07, 6.45) is -4.51. The van der Waals surface area contributed by atoms with Crippen molar-refractivity contribution in [3.8, 4) is 0 Å². The SMILES string of the molecule is CCC(C(=O)NC(C)C)N(Cc1cccc(C)c1)C(=O)CN(c1cccc(C(F)(F)F)c1)S(=O)(=O)c1ccccc1. The summed E-state index contributed by atoms with van der Waals surface area (Å²) in [5, 5.41) is 2.80. The van der Waals surface area contributed by atoms with Crippen molar-refractivity contribution < 1.29 is 31.2 Å². The van der Waals surface area contributed by atoms with Crippen LogP contribution in [0.2, 0.25) is 0 Å². The van der Waals surface area contributed by atoms with Gasteiger partial charge in [-0.25, -0.2) is 8.42 Å². The van der Waals surface area contributed by atoms with Crippen LogP contribution in [-0.2, 0) is 32.3 Å². The van der Waals surface area contributed by atoms with Crippen molar-refractivity contribution in [1.82, 2.24) is 10.2 Å². The molecule has 1 N–H and O–H groups in total. The number of halogens is 3. The Balaban J connectivity index is 2.11. The number of alkyl halides is 3. The Morgan fingerprint density at radius 3 is 2.17 bits per heavy atom. The molecule has 7 nitrogen and oxygen atoms in total. The van der Waals surface area contributed by atoms with Gasteiger partial charge in [0.2, 0.25) is 11.8 Å². The van der Waals surface area contributed by atoms with E-state index in [1.807, 2.05) is 19.1 Å². The Kier molecular flexibility index (Phi) is 10.2. The molecule has 0 aromatic heterocycles. The average Bonchev–Trinajstić information content (AvgIpc) is 2.91. The maximum absolute atomic E-state index is 14.0. The third kappa shape index (κ3) is 8.09. The molecule has 0 aliphatic rings. The highest BCUT2D eigenvalue weighted by atomic mass is 32.2. The number of carbonyl (C=O) groups excluding carboxylic acids is 2. The molecule has 3 rings (SSSR count). The van der Waals surface area contributed by atoms with Crippen molar-refractivity contribution in [2.45, 2.75) is 63.8 Å². The lowest BCUT2D eigenvalue weighted by Gasteiger charge is -2.33. The average molecular weight is 590 g/mol. The number of anilines is 1. The van der Waals surface area contributed by atoms with Crippen molar-refractivity contribution in [2.24, 2.45) is 0 Å². The molecule has 0 bridgehead atoms. The van der Waals surface area contributed by atoms with Crippen LogP contribution in [0, 0.1) is 6.92 Å². The second-order valence-electron chi connectivity index (χ2n) is 9.97. The Bertz CT molecular complexity index is 1460. The molecule has 3 aromatic rings. The predicted octanol–water partition coefficient (Wildman–Crippen LogP) is 5.54. The minimum atomic E-state index is -4.73. The fraction of sp³-hybridized carbons (Fsp3) is 0.333. The standard InChI is InChI=1S/C30H34F3N3O4S/c1-5-27(29(38)34-21(2)3)35(19-23-12-9-11-22(4)17-23)28(37)20-36(41(39,40)26-15-7-6-8-16-26)25-14-10-13-24(18-25)30(31,32)33/h6-18,21,27H,5,19-20H2,1-4H3,(H,34,38). The molecule has 11 heteroatoms. The maximum Gasteiger partial charge on any atom is 0.416 e. The zero-order chi connectivity index (χ0) is 30.4. The van der Waals surface area contributed by atoms with E-state index >= 15 is 0 Å². The number of aryl methyl sites for hydroxylation is 1. The van der Waals surface area contributed by atoms with Crippen LogP contribution in [0.3, 0.4) is 0 Å². The summed E-state index contributed by atoms with van der Waals surface area (Å²) in [4.78, 5) is 28.2. The molecular weight excluding hydrogens is 555 g/mol. The molecule has 0 spiro atoms. The highest BCUT2D eigenvalue weighted by molar-refractivity contribution is 7.92. The van der Waals surface area contributed by atoms with Gasteiger partial charge in [-0.2, -0.15) is 13.2 Å². The van der Waals surface area contributed by atoms with E-state index in [4.69, 9.17) is 0 Å². The molecule has 0 saturated carbocycles. The first kappa shape index (κ1) is 31.7. The van der Waals surface area contributed by atoms with Gasteiger partial charge in [-0.3, -0.25) is 13.9 Å². The molecule has 0 saturated heterocycles. The fourth-order valence-electron chi connectivity index (χ4n) is 4.39. The quantitative estimate of drug-likeness (QED) is 0.318. The van der Waals surface area contributed by atoms with Crippen molar-refractivity contribution in [3.05, 3.63) is 95.6 Å². The van der Waals surface area contributed by atoms with E-state index in [-0.39, 0.29) is 29.6 Å². The van der Waals surface area contributed by atoms with Crippen molar-refractivity contribution in [1.29, 1.82) is 0 Å². The molecular formula is C30H34F3N3O4S. The lowest BCUT2D eigenvalue weighted by Crippen LogP contribution is -2.53. The van der Waals surface area contributed by atoms with Crippen LogP contribution >= 0.6 is 0 Å². The van der Waals surface area contributed by atoms with Gasteiger partial charge in [0.25, 0.3) is 10.0 Å².